The number of amides is 1. The van der Waals surface area contributed by atoms with Crippen LogP contribution in [0.4, 0.5) is 0 Å². The lowest BCUT2D eigenvalue weighted by atomic mass is 9.86. The fraction of sp³-hybridized carbons (Fsp3) is 0.700. The molecule has 3 rings (SSSR count). The highest BCUT2D eigenvalue weighted by Gasteiger charge is 2.36. The highest BCUT2D eigenvalue weighted by atomic mass is 127. The number of carbonyl (C=O) groups is 2. The molecule has 6 nitrogen and oxygen atoms in total. The number of rotatable bonds is 5. The number of allylic oxidation sites excluding steroid dienone is 2. The lowest BCUT2D eigenvalue weighted by Gasteiger charge is -2.34. The van der Waals surface area contributed by atoms with Crippen molar-refractivity contribution in [3.8, 4) is 0 Å². The molecular weight excluding hydrogens is 541 g/mol. The molecule has 0 aromatic rings. The number of hydrogen-bond acceptors (Lipinski definition) is 4. The van der Waals surface area contributed by atoms with Crippen LogP contribution in [0.15, 0.2) is 21.8 Å². The average molecular weight is 568 g/mol. The molecule has 2 N–H and O–H groups in total. The van der Waals surface area contributed by atoms with Crippen LogP contribution >= 0.6 is 38.5 Å². The average Bonchev–Trinajstić information content (AvgIpc) is 2.64. The number of carbonyl (C=O) groups excluding carboxylic acids is 1. The topological polar surface area (TPSA) is 84.9 Å². The first-order chi connectivity index (χ1) is 13.3. The molecule has 156 valence electrons. The third-order valence-corrected chi connectivity index (χ3v) is 7.32. The van der Waals surface area contributed by atoms with Crippen LogP contribution in [0.1, 0.15) is 58.3 Å². The van der Waals surface area contributed by atoms with E-state index in [9.17, 15) is 14.7 Å². The lowest BCUT2D eigenvalue weighted by Crippen LogP contribution is -2.41. The maximum Gasteiger partial charge on any atom is 0.336 e. The van der Waals surface area contributed by atoms with E-state index in [-0.39, 0.29) is 33.2 Å². The van der Waals surface area contributed by atoms with Crippen LogP contribution in [-0.2, 0) is 19.1 Å². The van der Waals surface area contributed by atoms with Crippen molar-refractivity contribution >= 4 is 50.4 Å². The maximum absolute atomic E-state index is 12.8. The minimum absolute atomic E-state index is 0.0238. The summed E-state index contributed by atoms with van der Waals surface area (Å²) in [6.45, 7) is 2.77. The second-order valence-corrected chi connectivity index (χ2v) is 11.3. The van der Waals surface area contributed by atoms with E-state index in [4.69, 9.17) is 9.47 Å². The van der Waals surface area contributed by atoms with Crippen molar-refractivity contribution in [2.45, 2.75) is 74.1 Å². The van der Waals surface area contributed by atoms with E-state index in [1.807, 2.05) is 6.92 Å². The molecule has 28 heavy (non-hydrogen) atoms. The van der Waals surface area contributed by atoms with Gasteiger partial charge in [-0.2, -0.15) is 0 Å². The number of carboxylic acid groups (broad SMARTS) is 1. The number of nitrogens with one attached hydrogen (secondary N) is 1. The largest absolute Gasteiger partial charge is 0.478 e. The number of alkyl halides is 1. The summed E-state index contributed by atoms with van der Waals surface area (Å²) in [5.74, 6) is -1.08. The highest BCUT2D eigenvalue weighted by molar-refractivity contribution is 14.1. The van der Waals surface area contributed by atoms with E-state index in [0.717, 1.165) is 51.6 Å². The van der Waals surface area contributed by atoms with Gasteiger partial charge in [-0.05, 0) is 64.4 Å². The summed E-state index contributed by atoms with van der Waals surface area (Å²) in [5, 5.41) is 12.4. The van der Waals surface area contributed by atoms with Gasteiger partial charge in [0, 0.05) is 22.7 Å². The Morgan fingerprint density at radius 2 is 2.00 bits per heavy atom. The molecular formula is C20H27BrINO5. The number of halogens is 2. The minimum Gasteiger partial charge on any atom is -0.478 e. The van der Waals surface area contributed by atoms with Gasteiger partial charge in [0.15, 0.2) is 6.29 Å². The molecule has 0 aromatic carbocycles. The number of ether oxygens (including phenoxy) is 2. The summed E-state index contributed by atoms with van der Waals surface area (Å²) >= 11 is 5.63. The molecule has 0 radical (unpaired) electrons. The Hall–Kier alpha value is -0.450. The predicted octanol–water partition coefficient (Wildman–Crippen LogP) is 4.42. The van der Waals surface area contributed by atoms with Gasteiger partial charge in [-0.1, -0.05) is 38.5 Å². The fourth-order valence-electron chi connectivity index (χ4n) is 3.93. The molecule has 2 fully saturated rings. The third kappa shape index (κ3) is 5.58. The Morgan fingerprint density at radius 1 is 1.29 bits per heavy atom. The van der Waals surface area contributed by atoms with E-state index in [0.29, 0.717) is 16.6 Å². The van der Waals surface area contributed by atoms with Crippen LogP contribution in [0, 0.1) is 5.92 Å². The Morgan fingerprint density at radius 3 is 2.61 bits per heavy atom. The van der Waals surface area contributed by atoms with Gasteiger partial charge in [0.2, 0.25) is 5.91 Å². The summed E-state index contributed by atoms with van der Waals surface area (Å²) in [6, 6.07) is 0. The molecule has 1 saturated carbocycles. The fourth-order valence-corrected chi connectivity index (χ4v) is 5.97. The van der Waals surface area contributed by atoms with Crippen LogP contribution < -0.4 is 5.32 Å². The first-order valence-electron chi connectivity index (χ1n) is 9.87. The Labute approximate surface area is 187 Å². The zero-order valence-electron chi connectivity index (χ0n) is 16.0. The van der Waals surface area contributed by atoms with Gasteiger partial charge < -0.3 is 19.9 Å². The molecule has 8 heteroatoms. The first-order valence-corrected chi connectivity index (χ1v) is 11.7. The molecule has 1 heterocycles. The van der Waals surface area contributed by atoms with Crippen LogP contribution in [0.3, 0.4) is 0 Å². The zero-order valence-corrected chi connectivity index (χ0v) is 19.8. The van der Waals surface area contributed by atoms with Gasteiger partial charge in [0.1, 0.15) is 0 Å². The monoisotopic (exact) mass is 567 g/mol. The van der Waals surface area contributed by atoms with Crippen LogP contribution in [0.25, 0.3) is 0 Å². The molecule has 1 aliphatic heterocycles. The van der Waals surface area contributed by atoms with Crippen molar-refractivity contribution in [2.75, 3.05) is 6.61 Å². The van der Waals surface area contributed by atoms with Crippen molar-refractivity contribution in [1.29, 1.82) is 0 Å². The normalized spacial score (nSPS) is 34.0. The Bertz CT molecular complexity index is 676. The third-order valence-electron chi connectivity index (χ3n) is 5.65. The molecule has 0 aromatic heterocycles. The Kier molecular flexibility index (Phi) is 7.60. The zero-order chi connectivity index (χ0) is 20.3. The first kappa shape index (κ1) is 22.2. The number of carboxylic acids is 1. The maximum atomic E-state index is 12.8. The van der Waals surface area contributed by atoms with Crippen LogP contribution in [0.5, 0.6) is 0 Å². The van der Waals surface area contributed by atoms with Crippen LogP contribution in [-0.4, -0.2) is 39.4 Å². The summed E-state index contributed by atoms with van der Waals surface area (Å²) in [6.07, 6.45) is 8.65. The SMILES string of the molecule is CC1(I)CC(Br)=C(C(=O)O)C=C1NC(=O)C1CCC(OC2CCCCO2)CC1. The molecule has 2 atom stereocenters. The standard InChI is InChI=1S/C20H27BrINO5/c1-20(22)11-15(21)14(19(25)26)10-16(20)23-18(24)12-5-7-13(8-6-12)28-17-4-2-3-9-27-17/h10,12-13,17H,2-9,11H2,1H3,(H,23,24)(H,25,26). The predicted molar refractivity (Wildman–Crippen MR) is 117 cm³/mol. The lowest BCUT2D eigenvalue weighted by molar-refractivity contribution is -0.194. The van der Waals surface area contributed by atoms with Gasteiger partial charge in [0.25, 0.3) is 0 Å². The van der Waals surface area contributed by atoms with E-state index in [2.05, 4.69) is 43.8 Å². The minimum atomic E-state index is -0.992. The number of aliphatic carboxylic acids is 1. The molecule has 2 unspecified atom stereocenters. The van der Waals surface area contributed by atoms with Gasteiger partial charge >= 0.3 is 5.97 Å². The van der Waals surface area contributed by atoms with E-state index < -0.39 is 5.97 Å². The molecule has 0 spiro atoms. The van der Waals surface area contributed by atoms with Gasteiger partial charge in [0.05, 0.1) is 15.1 Å². The molecule has 1 saturated heterocycles. The summed E-state index contributed by atoms with van der Waals surface area (Å²) < 4.78 is 12.0. The quantitative estimate of drug-likeness (QED) is 0.379. The Balaban J connectivity index is 1.55. The molecule has 1 amide bonds. The molecule has 3 aliphatic rings. The van der Waals surface area contributed by atoms with E-state index >= 15 is 0 Å². The van der Waals surface area contributed by atoms with Crippen LogP contribution in [0.2, 0.25) is 0 Å². The summed E-state index contributed by atoms with van der Waals surface area (Å²) in [7, 11) is 0. The van der Waals surface area contributed by atoms with Crippen molar-refractivity contribution in [3.63, 3.8) is 0 Å². The number of hydrogen-bond donors (Lipinski definition) is 2. The summed E-state index contributed by atoms with van der Waals surface area (Å²) in [5.41, 5.74) is 0.863. The van der Waals surface area contributed by atoms with Crippen molar-refractivity contribution < 1.29 is 24.2 Å². The molecule has 2 aliphatic carbocycles. The smallest absolute Gasteiger partial charge is 0.336 e. The van der Waals surface area contributed by atoms with E-state index in [1.165, 1.54) is 0 Å². The molecule has 0 bridgehead atoms. The van der Waals surface area contributed by atoms with Gasteiger partial charge in [-0.3, -0.25) is 4.79 Å². The van der Waals surface area contributed by atoms with E-state index in [1.54, 1.807) is 6.08 Å². The highest BCUT2D eigenvalue weighted by Crippen LogP contribution is 2.41. The van der Waals surface area contributed by atoms with Gasteiger partial charge in [-0.15, -0.1) is 0 Å². The second kappa shape index (κ2) is 9.57. The van der Waals surface area contributed by atoms with Crippen molar-refractivity contribution in [1.82, 2.24) is 5.32 Å². The van der Waals surface area contributed by atoms with Crippen molar-refractivity contribution in [3.05, 3.63) is 21.8 Å². The summed E-state index contributed by atoms with van der Waals surface area (Å²) in [4.78, 5) is 24.2. The van der Waals surface area contributed by atoms with Crippen molar-refractivity contribution in [2.24, 2.45) is 5.92 Å². The second-order valence-electron chi connectivity index (χ2n) is 7.95. The van der Waals surface area contributed by atoms with Gasteiger partial charge in [-0.25, -0.2) is 4.79 Å².